The number of nitrogens with one attached hydrogen (secondary N) is 1. The molecule has 11 heteroatoms. The van der Waals surface area contributed by atoms with Gasteiger partial charge in [0, 0.05) is 5.56 Å². The van der Waals surface area contributed by atoms with Crippen molar-refractivity contribution in [2.24, 2.45) is 4.40 Å². The van der Waals surface area contributed by atoms with Crippen LogP contribution < -0.4 is 5.43 Å². The number of hydrogen-bond donors (Lipinski definition) is 1. The third-order valence-electron chi connectivity index (χ3n) is 3.83. The Balaban J connectivity index is 2.05. The van der Waals surface area contributed by atoms with Crippen LogP contribution in [0.25, 0.3) is 0 Å². The molecule has 148 valence electrons. The molecule has 0 saturated heterocycles. The van der Waals surface area contributed by atoms with E-state index in [0.717, 1.165) is 5.56 Å². The largest absolute Gasteiger partial charge is 0.448 e. The fraction of sp³-hybridized carbons (Fsp3) is 0.176. The summed E-state index contributed by atoms with van der Waals surface area (Å²) in [6, 6.07) is 11.7. The van der Waals surface area contributed by atoms with E-state index in [1.54, 1.807) is 25.1 Å². The second kappa shape index (κ2) is 7.24. The Morgan fingerprint density at radius 3 is 2.43 bits per heavy atom. The predicted molar refractivity (Wildman–Crippen MR) is 101 cm³/mol. The fourth-order valence-electron chi connectivity index (χ4n) is 2.48. The van der Waals surface area contributed by atoms with E-state index in [9.17, 15) is 21.6 Å². The lowest BCUT2D eigenvalue weighted by Gasteiger charge is -2.22. The minimum Gasteiger partial charge on any atom is -0.448 e. The van der Waals surface area contributed by atoms with Gasteiger partial charge in [-0.3, -0.25) is 5.43 Å². The first kappa shape index (κ1) is 19.8. The van der Waals surface area contributed by atoms with E-state index in [0.29, 0.717) is 0 Å². The Morgan fingerprint density at radius 1 is 1.14 bits per heavy atom. The van der Waals surface area contributed by atoms with Crippen LogP contribution in [0.4, 0.5) is 4.79 Å². The number of aryl methyl sites for hydroxylation is 1. The van der Waals surface area contributed by atoms with Gasteiger partial charge in [0.25, 0.3) is 20.0 Å². The van der Waals surface area contributed by atoms with Crippen LogP contribution in [-0.2, 0) is 24.8 Å². The van der Waals surface area contributed by atoms with E-state index >= 15 is 0 Å². The summed E-state index contributed by atoms with van der Waals surface area (Å²) in [5.74, 6) is -0.292. The summed E-state index contributed by atoms with van der Waals surface area (Å²) in [6.07, 6.45) is -1.22. The summed E-state index contributed by atoms with van der Waals surface area (Å²) < 4.78 is 59.0. The maximum absolute atomic E-state index is 13.0. The van der Waals surface area contributed by atoms with Gasteiger partial charge in [-0.1, -0.05) is 29.8 Å². The first-order chi connectivity index (χ1) is 13.2. The Labute approximate surface area is 162 Å². The van der Waals surface area contributed by atoms with E-state index in [2.05, 4.69) is 9.82 Å². The van der Waals surface area contributed by atoms with Crippen LogP contribution in [0, 0.1) is 6.92 Å². The molecule has 1 heterocycles. The summed E-state index contributed by atoms with van der Waals surface area (Å²) in [5.41, 5.74) is 3.28. The van der Waals surface area contributed by atoms with Gasteiger partial charge in [-0.05, 0) is 38.1 Å². The number of nitrogens with zero attached hydrogens (tertiary/aromatic N) is 2. The molecule has 1 aliphatic heterocycles. The Hall–Kier alpha value is -2.92. The summed E-state index contributed by atoms with van der Waals surface area (Å²) in [7, 11) is -8.40. The van der Waals surface area contributed by atoms with Gasteiger partial charge in [0.05, 0.1) is 11.5 Å². The second-order valence-electron chi connectivity index (χ2n) is 5.80. The number of hydrazine groups is 1. The molecule has 0 unspecified atom stereocenters. The fourth-order valence-corrected chi connectivity index (χ4v) is 4.80. The lowest BCUT2D eigenvalue weighted by molar-refractivity contribution is 0.125. The minimum atomic E-state index is -4.39. The number of amidine groups is 1. The smallest absolute Gasteiger partial charge is 0.443 e. The zero-order valence-corrected chi connectivity index (χ0v) is 16.6. The third kappa shape index (κ3) is 3.58. The highest BCUT2D eigenvalue weighted by Gasteiger charge is 2.36. The van der Waals surface area contributed by atoms with Gasteiger partial charge in [0.1, 0.15) is 4.90 Å². The number of ether oxygens (including phenoxy) is 1. The molecule has 3 rings (SSSR count). The van der Waals surface area contributed by atoms with Gasteiger partial charge in [-0.25, -0.2) is 4.79 Å². The highest BCUT2D eigenvalue weighted by Crippen LogP contribution is 2.26. The molecule has 9 nitrogen and oxygen atoms in total. The molecule has 2 aromatic carbocycles. The van der Waals surface area contributed by atoms with Crippen molar-refractivity contribution in [1.29, 1.82) is 0 Å². The van der Waals surface area contributed by atoms with Crippen molar-refractivity contribution in [3.8, 4) is 0 Å². The van der Waals surface area contributed by atoms with Crippen LogP contribution in [0.1, 0.15) is 18.1 Å². The Kier molecular flexibility index (Phi) is 5.13. The normalized spacial score (nSPS) is 14.7. The summed E-state index contributed by atoms with van der Waals surface area (Å²) in [5, 5.41) is 0. The number of rotatable bonds is 3. The molecule has 0 bridgehead atoms. The van der Waals surface area contributed by atoms with Crippen molar-refractivity contribution < 1.29 is 26.4 Å². The molecule has 0 atom stereocenters. The molecule has 1 amide bonds. The molecular formula is C17H17N3O6S2. The number of amides is 1. The summed E-state index contributed by atoms with van der Waals surface area (Å²) >= 11 is 0. The van der Waals surface area contributed by atoms with Crippen LogP contribution in [0.5, 0.6) is 0 Å². The van der Waals surface area contributed by atoms with Crippen LogP contribution in [0.2, 0.25) is 0 Å². The van der Waals surface area contributed by atoms with Gasteiger partial charge in [0.15, 0.2) is 5.84 Å². The predicted octanol–water partition coefficient (Wildman–Crippen LogP) is 1.80. The lowest BCUT2D eigenvalue weighted by Crippen LogP contribution is -2.49. The molecule has 0 saturated carbocycles. The molecular weight excluding hydrogens is 406 g/mol. The van der Waals surface area contributed by atoms with Crippen molar-refractivity contribution in [2.75, 3.05) is 6.61 Å². The van der Waals surface area contributed by atoms with Gasteiger partial charge in [-0.15, -0.1) is 8.81 Å². The van der Waals surface area contributed by atoms with Crippen molar-refractivity contribution in [3.05, 3.63) is 59.7 Å². The van der Waals surface area contributed by atoms with Gasteiger partial charge in [0.2, 0.25) is 0 Å². The molecule has 0 spiro atoms. The number of sulfonamides is 2. The lowest BCUT2D eigenvalue weighted by atomic mass is 10.2. The number of carbonyl (C=O) groups is 1. The van der Waals surface area contributed by atoms with Gasteiger partial charge in [-0.2, -0.15) is 16.8 Å². The van der Waals surface area contributed by atoms with E-state index in [4.69, 9.17) is 4.74 Å². The topological polar surface area (TPSA) is 122 Å². The molecule has 2 aromatic rings. The van der Waals surface area contributed by atoms with Gasteiger partial charge >= 0.3 is 6.09 Å². The molecule has 0 aromatic heterocycles. The van der Waals surface area contributed by atoms with Crippen molar-refractivity contribution in [3.63, 3.8) is 0 Å². The van der Waals surface area contributed by atoms with Crippen LogP contribution >= 0.6 is 0 Å². The third-order valence-corrected chi connectivity index (χ3v) is 6.76. The Bertz CT molecular complexity index is 1160. The van der Waals surface area contributed by atoms with E-state index < -0.39 is 26.1 Å². The molecule has 0 radical (unpaired) electrons. The minimum absolute atomic E-state index is 0.0816. The van der Waals surface area contributed by atoms with Crippen LogP contribution in [0.15, 0.2) is 62.7 Å². The number of hydrogen-bond acceptors (Lipinski definition) is 7. The average Bonchev–Trinajstić information content (AvgIpc) is 2.91. The van der Waals surface area contributed by atoms with Crippen molar-refractivity contribution >= 4 is 32.0 Å². The first-order valence-electron chi connectivity index (χ1n) is 8.16. The molecule has 0 fully saturated rings. The number of benzene rings is 2. The van der Waals surface area contributed by atoms with E-state index in [1.807, 2.05) is 0 Å². The zero-order valence-electron chi connectivity index (χ0n) is 15.0. The monoisotopic (exact) mass is 423 g/mol. The average molecular weight is 423 g/mol. The Morgan fingerprint density at radius 2 is 1.79 bits per heavy atom. The molecule has 1 N–H and O–H groups in total. The van der Waals surface area contributed by atoms with Gasteiger partial charge < -0.3 is 4.74 Å². The maximum atomic E-state index is 13.0. The van der Waals surface area contributed by atoms with Crippen molar-refractivity contribution in [2.45, 2.75) is 23.6 Å². The summed E-state index contributed by atoms with van der Waals surface area (Å²) in [4.78, 5) is 12.1. The molecule has 0 aliphatic carbocycles. The highest BCUT2D eigenvalue weighted by molar-refractivity contribution is 7.91. The van der Waals surface area contributed by atoms with E-state index in [-0.39, 0.29) is 32.2 Å². The second-order valence-corrected chi connectivity index (χ2v) is 9.16. The first-order valence-corrected chi connectivity index (χ1v) is 11.0. The maximum Gasteiger partial charge on any atom is 0.443 e. The SMILES string of the molecule is CCOC(=O)N(NC1=NS(=O)(=O)c2ccccc21)S(=O)(=O)c1ccc(C)cc1. The van der Waals surface area contributed by atoms with Crippen LogP contribution in [0.3, 0.4) is 0 Å². The molecule has 1 aliphatic rings. The molecule has 28 heavy (non-hydrogen) atoms. The standard InChI is InChI=1S/C17H17N3O6S2/c1-3-26-17(21)20(28(24,25)13-10-8-12(2)9-11-13)18-16-14-6-4-5-7-15(14)27(22,23)19-16/h4-11H,3H2,1-2H3,(H,18,19). The zero-order chi connectivity index (χ0) is 20.5. The quantitative estimate of drug-likeness (QED) is 0.747. The summed E-state index contributed by atoms with van der Waals surface area (Å²) in [6.45, 7) is 3.22. The van der Waals surface area contributed by atoms with Crippen LogP contribution in [-0.4, -0.2) is 39.8 Å². The van der Waals surface area contributed by atoms with Crippen molar-refractivity contribution in [1.82, 2.24) is 9.84 Å². The number of carbonyl (C=O) groups excluding carboxylic acids is 1. The number of fused-ring (bicyclic) bond motifs is 1. The highest BCUT2D eigenvalue weighted by atomic mass is 32.2. The van der Waals surface area contributed by atoms with E-state index in [1.165, 1.54) is 37.3 Å².